The number of hydrogen-bond donors (Lipinski definition) is 1. The normalized spacial score (nSPS) is 19.3. The number of para-hydroxylation sites is 2. The summed E-state index contributed by atoms with van der Waals surface area (Å²) in [5.74, 6) is -0.335. The first kappa shape index (κ1) is 19.1. The predicted molar refractivity (Wildman–Crippen MR) is 111 cm³/mol. The van der Waals surface area contributed by atoms with Crippen molar-refractivity contribution in [3.63, 3.8) is 0 Å². The van der Waals surface area contributed by atoms with E-state index in [4.69, 9.17) is 4.74 Å². The summed E-state index contributed by atoms with van der Waals surface area (Å²) in [6.45, 7) is 5.35. The summed E-state index contributed by atoms with van der Waals surface area (Å²) in [5, 5.41) is 11.3. The molecule has 2 aromatic carbocycles. The molecule has 8 nitrogen and oxygen atoms in total. The number of nitrogens with one attached hydrogen (secondary N) is 1. The molecule has 8 heteroatoms. The van der Waals surface area contributed by atoms with E-state index in [2.05, 4.69) is 20.5 Å². The van der Waals surface area contributed by atoms with Gasteiger partial charge in [0, 0.05) is 13.1 Å². The third kappa shape index (κ3) is 4.12. The van der Waals surface area contributed by atoms with Gasteiger partial charge in [-0.25, -0.2) is 4.68 Å². The van der Waals surface area contributed by atoms with Gasteiger partial charge in [0.05, 0.1) is 29.0 Å². The van der Waals surface area contributed by atoms with Crippen molar-refractivity contribution in [2.75, 3.05) is 23.3 Å². The second-order valence-corrected chi connectivity index (χ2v) is 7.30. The van der Waals surface area contributed by atoms with Crippen LogP contribution in [0.1, 0.15) is 13.8 Å². The molecule has 29 heavy (non-hydrogen) atoms. The molecular weight excluding hydrogens is 370 g/mol. The van der Waals surface area contributed by atoms with Crippen LogP contribution >= 0.6 is 0 Å². The fourth-order valence-corrected chi connectivity index (χ4v) is 3.68. The Hall–Kier alpha value is -3.26. The largest absolute Gasteiger partial charge is 0.372 e. The molecule has 1 fully saturated rings. The number of amides is 1. The van der Waals surface area contributed by atoms with Crippen molar-refractivity contribution in [1.29, 1.82) is 0 Å². The number of ether oxygens (including phenoxy) is 1. The predicted octanol–water partition coefficient (Wildman–Crippen LogP) is 2.04. The standard InChI is InChI=1S/C21H23N5O3/c1-14-11-25(12-15(2)29-14)19-10-6-5-9-18(19)22-20(27)13-26-21(28)16-7-3-4-8-17(16)23-24-26/h3-10,14-15H,11-13H2,1-2H3,(H,22,27). The summed E-state index contributed by atoms with van der Waals surface area (Å²) in [6.07, 6.45) is 0.211. The lowest BCUT2D eigenvalue weighted by Crippen LogP contribution is -2.45. The Labute approximate surface area is 168 Å². The SMILES string of the molecule is CC1CN(c2ccccc2NC(=O)Cn2nnc3ccccc3c2=O)CC(C)O1. The van der Waals surface area contributed by atoms with Crippen LogP contribution in [-0.2, 0) is 16.1 Å². The second kappa shape index (κ2) is 8.00. The highest BCUT2D eigenvalue weighted by molar-refractivity contribution is 5.94. The highest BCUT2D eigenvalue weighted by Crippen LogP contribution is 2.28. The van der Waals surface area contributed by atoms with Crippen LogP contribution in [0.25, 0.3) is 10.9 Å². The number of carbonyl (C=O) groups is 1. The average Bonchev–Trinajstić information content (AvgIpc) is 2.70. The van der Waals surface area contributed by atoms with E-state index in [0.717, 1.165) is 23.5 Å². The van der Waals surface area contributed by atoms with Crippen LogP contribution < -0.4 is 15.8 Å². The lowest BCUT2D eigenvalue weighted by molar-refractivity contribution is -0.117. The van der Waals surface area contributed by atoms with E-state index in [1.807, 2.05) is 38.1 Å². The topological polar surface area (TPSA) is 89.4 Å². The van der Waals surface area contributed by atoms with E-state index in [9.17, 15) is 9.59 Å². The van der Waals surface area contributed by atoms with Crippen LogP contribution in [0.4, 0.5) is 11.4 Å². The molecule has 0 bridgehead atoms. The van der Waals surface area contributed by atoms with E-state index in [0.29, 0.717) is 16.6 Å². The summed E-state index contributed by atoms with van der Waals surface area (Å²) >= 11 is 0. The number of rotatable bonds is 4. The van der Waals surface area contributed by atoms with Crippen LogP contribution in [-0.4, -0.2) is 46.2 Å². The first-order chi connectivity index (χ1) is 14.0. The van der Waals surface area contributed by atoms with Crippen LogP contribution in [0, 0.1) is 0 Å². The van der Waals surface area contributed by atoms with Crippen molar-refractivity contribution < 1.29 is 9.53 Å². The maximum Gasteiger partial charge on any atom is 0.278 e. The molecule has 0 radical (unpaired) electrons. The van der Waals surface area contributed by atoms with Gasteiger partial charge in [-0.3, -0.25) is 9.59 Å². The maximum absolute atomic E-state index is 12.7. The van der Waals surface area contributed by atoms with Crippen LogP contribution in [0.2, 0.25) is 0 Å². The van der Waals surface area contributed by atoms with Crippen LogP contribution in [0.15, 0.2) is 53.3 Å². The number of nitrogens with zero attached hydrogens (tertiary/aromatic N) is 4. The fourth-order valence-electron chi connectivity index (χ4n) is 3.68. The number of anilines is 2. The zero-order chi connectivity index (χ0) is 20.4. The molecule has 2 unspecified atom stereocenters. The molecule has 1 N–H and O–H groups in total. The molecule has 1 aliphatic heterocycles. The van der Waals surface area contributed by atoms with E-state index in [1.54, 1.807) is 24.3 Å². The molecule has 2 atom stereocenters. The van der Waals surface area contributed by atoms with Crippen molar-refractivity contribution in [2.24, 2.45) is 0 Å². The van der Waals surface area contributed by atoms with E-state index in [-0.39, 0.29) is 30.2 Å². The molecule has 4 rings (SSSR count). The number of fused-ring (bicyclic) bond motifs is 1. The molecule has 2 heterocycles. The van der Waals surface area contributed by atoms with Gasteiger partial charge in [-0.2, -0.15) is 0 Å². The molecule has 150 valence electrons. The van der Waals surface area contributed by atoms with Gasteiger partial charge in [-0.05, 0) is 38.1 Å². The number of morpholine rings is 1. The van der Waals surface area contributed by atoms with Crippen molar-refractivity contribution in [1.82, 2.24) is 15.0 Å². The van der Waals surface area contributed by atoms with Gasteiger partial charge in [0.15, 0.2) is 0 Å². The first-order valence-corrected chi connectivity index (χ1v) is 9.63. The Morgan fingerprint density at radius 2 is 1.79 bits per heavy atom. The quantitative estimate of drug-likeness (QED) is 0.730. The maximum atomic E-state index is 12.7. The fraction of sp³-hybridized carbons (Fsp3) is 0.333. The molecule has 0 saturated carbocycles. The van der Waals surface area contributed by atoms with Crippen LogP contribution in [0.3, 0.4) is 0 Å². The van der Waals surface area contributed by atoms with Crippen molar-refractivity contribution in [3.05, 3.63) is 58.9 Å². The van der Waals surface area contributed by atoms with Crippen LogP contribution in [0.5, 0.6) is 0 Å². The van der Waals surface area contributed by atoms with Gasteiger partial charge in [0.2, 0.25) is 5.91 Å². The molecule has 1 amide bonds. The van der Waals surface area contributed by atoms with E-state index < -0.39 is 0 Å². The van der Waals surface area contributed by atoms with Gasteiger partial charge in [0.25, 0.3) is 5.56 Å². The summed E-state index contributed by atoms with van der Waals surface area (Å²) in [6, 6.07) is 14.6. The van der Waals surface area contributed by atoms with E-state index in [1.165, 1.54) is 0 Å². The minimum atomic E-state index is -0.338. The highest BCUT2D eigenvalue weighted by atomic mass is 16.5. The van der Waals surface area contributed by atoms with Gasteiger partial charge < -0.3 is 15.0 Å². The Bertz CT molecular complexity index is 1090. The van der Waals surface area contributed by atoms with Crippen molar-refractivity contribution >= 4 is 28.2 Å². The number of carbonyl (C=O) groups excluding carboxylic acids is 1. The molecular formula is C21H23N5O3. The minimum Gasteiger partial charge on any atom is -0.372 e. The Balaban J connectivity index is 1.54. The monoisotopic (exact) mass is 393 g/mol. The highest BCUT2D eigenvalue weighted by Gasteiger charge is 2.24. The Morgan fingerprint density at radius 1 is 1.10 bits per heavy atom. The molecule has 3 aromatic rings. The van der Waals surface area contributed by atoms with Gasteiger partial charge in [0.1, 0.15) is 12.1 Å². The summed E-state index contributed by atoms with van der Waals surface area (Å²) < 4.78 is 6.89. The van der Waals surface area contributed by atoms with E-state index >= 15 is 0 Å². The smallest absolute Gasteiger partial charge is 0.278 e. The second-order valence-electron chi connectivity index (χ2n) is 7.30. The zero-order valence-corrected chi connectivity index (χ0v) is 16.4. The van der Waals surface area contributed by atoms with Gasteiger partial charge in [-0.15, -0.1) is 5.10 Å². The third-order valence-corrected chi connectivity index (χ3v) is 4.86. The van der Waals surface area contributed by atoms with Gasteiger partial charge in [-0.1, -0.05) is 29.5 Å². The number of hydrogen-bond acceptors (Lipinski definition) is 6. The molecule has 1 saturated heterocycles. The molecule has 0 spiro atoms. The lowest BCUT2D eigenvalue weighted by Gasteiger charge is -2.37. The zero-order valence-electron chi connectivity index (χ0n) is 16.4. The van der Waals surface area contributed by atoms with Gasteiger partial charge >= 0.3 is 0 Å². The lowest BCUT2D eigenvalue weighted by atomic mass is 10.1. The molecule has 1 aromatic heterocycles. The Morgan fingerprint density at radius 3 is 2.59 bits per heavy atom. The molecule has 1 aliphatic rings. The molecule has 0 aliphatic carbocycles. The summed E-state index contributed by atoms with van der Waals surface area (Å²) in [5.41, 5.74) is 1.80. The number of benzene rings is 2. The summed E-state index contributed by atoms with van der Waals surface area (Å²) in [4.78, 5) is 27.4. The van der Waals surface area contributed by atoms with Crippen molar-refractivity contribution in [2.45, 2.75) is 32.6 Å². The summed E-state index contributed by atoms with van der Waals surface area (Å²) in [7, 11) is 0. The Kier molecular flexibility index (Phi) is 5.26. The van der Waals surface area contributed by atoms with Crippen molar-refractivity contribution in [3.8, 4) is 0 Å². The number of aromatic nitrogens is 3. The third-order valence-electron chi connectivity index (χ3n) is 4.86. The minimum absolute atomic E-state index is 0.106. The average molecular weight is 393 g/mol. The first-order valence-electron chi connectivity index (χ1n) is 9.63.